The predicted molar refractivity (Wildman–Crippen MR) is 70.0 cm³/mol. The molecule has 0 unspecified atom stereocenters. The van der Waals surface area contributed by atoms with Crippen molar-refractivity contribution in [3.05, 3.63) is 52.0 Å². The van der Waals surface area contributed by atoms with Crippen molar-refractivity contribution in [1.82, 2.24) is 9.78 Å². The van der Waals surface area contributed by atoms with E-state index in [4.69, 9.17) is 0 Å². The Morgan fingerprint density at radius 1 is 1.44 bits per heavy atom. The molecular weight excluding hydrogens is 299 g/mol. The van der Waals surface area contributed by atoms with E-state index in [0.29, 0.717) is 10.9 Å². The van der Waals surface area contributed by atoms with Crippen LogP contribution in [-0.2, 0) is 13.5 Å². The Labute approximate surface area is 113 Å². The molecule has 0 fully saturated rings. The summed E-state index contributed by atoms with van der Waals surface area (Å²) < 4.78 is 15.7. The molecule has 2 rings (SSSR count). The van der Waals surface area contributed by atoms with Crippen molar-refractivity contribution in [3.8, 4) is 0 Å². The van der Waals surface area contributed by atoms with Gasteiger partial charge in [0.15, 0.2) is 5.78 Å². The van der Waals surface area contributed by atoms with E-state index < -0.39 is 5.82 Å². The van der Waals surface area contributed by atoms with E-state index >= 15 is 0 Å². The largest absolute Gasteiger partial charge is 0.294 e. The number of nitrogens with zero attached hydrogens (tertiary/aromatic N) is 2. The second-order valence-electron chi connectivity index (χ2n) is 3.97. The average Bonchev–Trinajstić information content (AvgIpc) is 2.75. The van der Waals surface area contributed by atoms with E-state index in [0.717, 1.165) is 5.69 Å². The molecule has 5 heteroatoms. The maximum atomic E-state index is 13.7. The molecule has 0 N–H and O–H groups in total. The lowest BCUT2D eigenvalue weighted by atomic mass is 10.1. The van der Waals surface area contributed by atoms with Gasteiger partial charge in [0, 0.05) is 25.4 Å². The zero-order valence-corrected chi connectivity index (χ0v) is 11.4. The lowest BCUT2D eigenvalue weighted by Gasteiger charge is -2.04. The Kier molecular flexibility index (Phi) is 3.91. The number of hydrogen-bond acceptors (Lipinski definition) is 2. The van der Waals surface area contributed by atoms with Gasteiger partial charge in [-0.1, -0.05) is 6.07 Å². The first-order valence-electron chi connectivity index (χ1n) is 5.53. The molecule has 0 aliphatic rings. The molecular formula is C13H12BrFN2O. The van der Waals surface area contributed by atoms with Crippen molar-refractivity contribution < 1.29 is 9.18 Å². The zero-order valence-electron chi connectivity index (χ0n) is 9.86. The maximum Gasteiger partial charge on any atom is 0.166 e. The lowest BCUT2D eigenvalue weighted by molar-refractivity contribution is 0.0978. The third-order valence-electron chi connectivity index (χ3n) is 2.78. The number of Topliss-reactive ketones (excluding diaryl/α,β-unsaturated/α-hetero) is 1. The Bertz CT molecular complexity index is 580. The van der Waals surface area contributed by atoms with Gasteiger partial charge in [0.2, 0.25) is 0 Å². The molecule has 0 aliphatic heterocycles. The highest BCUT2D eigenvalue weighted by Gasteiger charge is 2.14. The Morgan fingerprint density at radius 3 is 2.89 bits per heavy atom. The first kappa shape index (κ1) is 13.0. The molecule has 3 nitrogen and oxygen atoms in total. The van der Waals surface area contributed by atoms with Crippen LogP contribution in [-0.4, -0.2) is 15.6 Å². The van der Waals surface area contributed by atoms with Gasteiger partial charge in [0.05, 0.1) is 10.0 Å². The minimum Gasteiger partial charge on any atom is -0.294 e. The average molecular weight is 311 g/mol. The van der Waals surface area contributed by atoms with Crippen LogP contribution in [0.2, 0.25) is 0 Å². The summed E-state index contributed by atoms with van der Waals surface area (Å²) in [7, 11) is 1.82. The highest BCUT2D eigenvalue weighted by molar-refractivity contribution is 9.10. The van der Waals surface area contributed by atoms with Gasteiger partial charge in [-0.15, -0.1) is 0 Å². The highest BCUT2D eigenvalue weighted by Crippen LogP contribution is 2.20. The fourth-order valence-electron chi connectivity index (χ4n) is 1.74. The molecule has 94 valence electrons. The summed E-state index contributed by atoms with van der Waals surface area (Å²) >= 11 is 3.07. The van der Waals surface area contributed by atoms with Crippen molar-refractivity contribution in [3.63, 3.8) is 0 Å². The molecule has 1 aromatic carbocycles. The number of carbonyl (C=O) groups is 1. The second-order valence-corrected chi connectivity index (χ2v) is 4.83. The number of rotatable bonds is 4. The van der Waals surface area contributed by atoms with Crippen molar-refractivity contribution >= 4 is 21.7 Å². The van der Waals surface area contributed by atoms with Gasteiger partial charge in [-0.05, 0) is 40.5 Å². The van der Waals surface area contributed by atoms with E-state index in [1.54, 1.807) is 23.0 Å². The third kappa shape index (κ3) is 2.67. The van der Waals surface area contributed by atoms with Gasteiger partial charge >= 0.3 is 0 Å². The van der Waals surface area contributed by atoms with Gasteiger partial charge in [-0.3, -0.25) is 9.48 Å². The fourth-order valence-corrected chi connectivity index (χ4v) is 2.11. The Balaban J connectivity index is 2.09. The summed E-state index contributed by atoms with van der Waals surface area (Å²) in [6.45, 7) is 0. The normalized spacial score (nSPS) is 10.6. The van der Waals surface area contributed by atoms with Crippen molar-refractivity contribution in [2.75, 3.05) is 0 Å². The number of ketones is 1. The van der Waals surface area contributed by atoms with Crippen molar-refractivity contribution in [2.24, 2.45) is 7.05 Å². The summed E-state index contributed by atoms with van der Waals surface area (Å²) in [6.07, 6.45) is 2.51. The minimum absolute atomic E-state index is 0.131. The van der Waals surface area contributed by atoms with Crippen LogP contribution in [0.1, 0.15) is 22.5 Å². The molecule has 0 spiro atoms. The van der Waals surface area contributed by atoms with Crippen LogP contribution in [0.15, 0.2) is 34.9 Å². The third-order valence-corrected chi connectivity index (χ3v) is 3.40. The molecule has 18 heavy (non-hydrogen) atoms. The van der Waals surface area contributed by atoms with Crippen LogP contribution in [0.25, 0.3) is 0 Å². The van der Waals surface area contributed by atoms with E-state index in [-0.39, 0.29) is 17.8 Å². The summed E-state index contributed by atoms with van der Waals surface area (Å²) in [6, 6.07) is 6.59. The lowest BCUT2D eigenvalue weighted by Crippen LogP contribution is -2.06. The zero-order chi connectivity index (χ0) is 13.1. The van der Waals surface area contributed by atoms with Gasteiger partial charge < -0.3 is 0 Å². The Hall–Kier alpha value is -1.49. The fraction of sp³-hybridized carbons (Fsp3) is 0.231. The first-order valence-corrected chi connectivity index (χ1v) is 6.33. The molecule has 0 saturated heterocycles. The summed E-state index contributed by atoms with van der Waals surface area (Å²) in [5.74, 6) is -0.692. The molecule has 0 saturated carbocycles. The van der Waals surface area contributed by atoms with E-state index in [1.165, 1.54) is 6.07 Å². The summed E-state index contributed by atoms with van der Waals surface area (Å²) in [5.41, 5.74) is 1.09. The van der Waals surface area contributed by atoms with Crippen molar-refractivity contribution in [2.45, 2.75) is 12.8 Å². The number of hydrogen-bond donors (Lipinski definition) is 0. The van der Waals surface area contributed by atoms with Gasteiger partial charge in [0.1, 0.15) is 5.82 Å². The predicted octanol–water partition coefficient (Wildman–Crippen LogP) is 3.14. The number of benzene rings is 1. The van der Waals surface area contributed by atoms with E-state index in [2.05, 4.69) is 21.0 Å². The molecule has 0 aliphatic carbocycles. The maximum absolute atomic E-state index is 13.7. The standard InChI is InChI=1S/C13H12BrFN2O/c1-17-9(7-8-16-17)5-6-12(18)10-3-2-4-11(14)13(10)15/h2-4,7-8H,5-6H2,1H3. The topological polar surface area (TPSA) is 34.9 Å². The van der Waals surface area contributed by atoms with Crippen LogP contribution in [0.3, 0.4) is 0 Å². The number of aromatic nitrogens is 2. The minimum atomic E-state index is -0.493. The van der Waals surface area contributed by atoms with Crippen LogP contribution in [0, 0.1) is 5.82 Å². The second kappa shape index (κ2) is 5.44. The van der Waals surface area contributed by atoms with Crippen LogP contribution < -0.4 is 0 Å². The molecule has 0 amide bonds. The molecule has 1 heterocycles. The van der Waals surface area contributed by atoms with Crippen LogP contribution >= 0.6 is 15.9 Å². The monoisotopic (exact) mass is 310 g/mol. The van der Waals surface area contributed by atoms with Crippen molar-refractivity contribution in [1.29, 1.82) is 0 Å². The Morgan fingerprint density at radius 2 is 2.22 bits per heavy atom. The van der Waals surface area contributed by atoms with Crippen LogP contribution in [0.4, 0.5) is 4.39 Å². The van der Waals surface area contributed by atoms with E-state index in [1.807, 2.05) is 13.1 Å². The highest BCUT2D eigenvalue weighted by atomic mass is 79.9. The number of aryl methyl sites for hydroxylation is 2. The van der Waals surface area contributed by atoms with Crippen LogP contribution in [0.5, 0.6) is 0 Å². The molecule has 1 aromatic heterocycles. The molecule has 0 radical (unpaired) electrons. The smallest absolute Gasteiger partial charge is 0.166 e. The van der Waals surface area contributed by atoms with E-state index in [9.17, 15) is 9.18 Å². The summed E-state index contributed by atoms with van der Waals surface area (Å²) in [4.78, 5) is 11.9. The van der Waals surface area contributed by atoms with Gasteiger partial charge in [-0.25, -0.2) is 4.39 Å². The van der Waals surface area contributed by atoms with Gasteiger partial charge in [-0.2, -0.15) is 5.10 Å². The first-order chi connectivity index (χ1) is 8.59. The quantitative estimate of drug-likeness (QED) is 0.813. The number of carbonyl (C=O) groups excluding carboxylic acids is 1. The molecule has 2 aromatic rings. The van der Waals surface area contributed by atoms with Gasteiger partial charge in [0.25, 0.3) is 0 Å². The SMILES string of the molecule is Cn1nccc1CCC(=O)c1cccc(Br)c1F. The molecule has 0 bridgehead atoms. The molecule has 0 atom stereocenters. The number of halogens is 2. The summed E-state index contributed by atoms with van der Waals surface area (Å²) in [5, 5.41) is 4.02.